The van der Waals surface area contributed by atoms with Gasteiger partial charge in [0.25, 0.3) is 0 Å². The van der Waals surface area contributed by atoms with Gasteiger partial charge in [-0.05, 0) is 6.92 Å². The summed E-state index contributed by atoms with van der Waals surface area (Å²) in [5.74, 6) is -2.43. The van der Waals surface area contributed by atoms with Crippen LogP contribution in [-0.4, -0.2) is 25.0 Å². The smallest absolute Gasteiger partial charge is 0.423 e. The molecule has 0 fully saturated rings. The minimum atomic E-state index is -4.86. The number of ketones is 1. The van der Waals surface area contributed by atoms with Crippen LogP contribution in [0.5, 0.6) is 0 Å². The topological polar surface area (TPSA) is 43.4 Å². The van der Waals surface area contributed by atoms with Crippen LogP contribution in [-0.2, 0) is 14.3 Å². The van der Waals surface area contributed by atoms with Crippen LogP contribution in [0.15, 0.2) is 11.6 Å². The van der Waals surface area contributed by atoms with Crippen LogP contribution < -0.4 is 0 Å². The first-order chi connectivity index (χ1) is 5.79. The van der Waals surface area contributed by atoms with Gasteiger partial charge in [-0.15, -0.1) is 0 Å². The third-order valence-corrected chi connectivity index (χ3v) is 1.06. The van der Waals surface area contributed by atoms with Gasteiger partial charge in [-0.1, -0.05) is 0 Å². The van der Waals surface area contributed by atoms with E-state index in [0.717, 1.165) is 14.0 Å². The number of alkyl halides is 3. The lowest BCUT2D eigenvalue weighted by atomic mass is 10.2. The highest BCUT2D eigenvalue weighted by Crippen LogP contribution is 2.26. The lowest BCUT2D eigenvalue weighted by molar-refractivity contribution is -0.148. The van der Waals surface area contributed by atoms with E-state index in [0.29, 0.717) is 0 Å². The lowest BCUT2D eigenvalue weighted by Crippen LogP contribution is -2.22. The number of halogens is 3. The second-order valence-electron chi connectivity index (χ2n) is 2.16. The highest BCUT2D eigenvalue weighted by Gasteiger charge is 2.39. The number of carbonyl (C=O) groups is 2. The van der Waals surface area contributed by atoms with E-state index in [-0.39, 0.29) is 6.08 Å². The molecule has 13 heavy (non-hydrogen) atoms. The molecule has 0 aromatic heterocycles. The zero-order chi connectivity index (χ0) is 10.6. The van der Waals surface area contributed by atoms with Crippen molar-refractivity contribution in [2.75, 3.05) is 7.11 Å². The molecule has 3 nitrogen and oxygen atoms in total. The van der Waals surface area contributed by atoms with Gasteiger partial charge in [-0.25, -0.2) is 4.79 Å². The van der Waals surface area contributed by atoms with Gasteiger partial charge in [-0.2, -0.15) is 13.2 Å². The maximum absolute atomic E-state index is 12.0. The molecule has 0 spiro atoms. The number of methoxy groups -OCH3 is 1. The molecule has 0 unspecified atom stereocenters. The van der Waals surface area contributed by atoms with Gasteiger partial charge in [0.2, 0.25) is 0 Å². The number of allylic oxidation sites excluding steroid dienone is 1. The molecule has 0 heterocycles. The Labute approximate surface area is 72.2 Å². The third kappa shape index (κ3) is 3.73. The van der Waals surface area contributed by atoms with E-state index in [1.54, 1.807) is 0 Å². The molecule has 0 saturated heterocycles. The molecule has 74 valence electrons. The molecule has 0 aromatic carbocycles. The molecule has 0 bridgehead atoms. The third-order valence-electron chi connectivity index (χ3n) is 1.06. The lowest BCUT2D eigenvalue weighted by Gasteiger charge is -2.07. The van der Waals surface area contributed by atoms with Crippen molar-refractivity contribution in [1.29, 1.82) is 0 Å². The van der Waals surface area contributed by atoms with Crippen molar-refractivity contribution in [3.05, 3.63) is 11.6 Å². The van der Waals surface area contributed by atoms with Crippen molar-refractivity contribution in [3.63, 3.8) is 0 Å². The average Bonchev–Trinajstić information content (AvgIpc) is 1.96. The van der Waals surface area contributed by atoms with Crippen molar-refractivity contribution in [2.24, 2.45) is 0 Å². The summed E-state index contributed by atoms with van der Waals surface area (Å²) >= 11 is 0. The first-order valence-corrected chi connectivity index (χ1v) is 3.16. The van der Waals surface area contributed by atoms with Gasteiger partial charge >= 0.3 is 12.1 Å². The van der Waals surface area contributed by atoms with E-state index >= 15 is 0 Å². The summed E-state index contributed by atoms with van der Waals surface area (Å²) in [6.45, 7) is 0.911. The average molecular weight is 196 g/mol. The van der Waals surface area contributed by atoms with Crippen LogP contribution in [0.4, 0.5) is 13.2 Å². The predicted octanol–water partition coefficient (Wildman–Crippen LogP) is 1.24. The largest absolute Gasteiger partial charge is 0.465 e. The maximum Gasteiger partial charge on any atom is 0.423 e. The van der Waals surface area contributed by atoms with Crippen LogP contribution >= 0.6 is 0 Å². The van der Waals surface area contributed by atoms with Gasteiger partial charge in [0.15, 0.2) is 5.78 Å². The Hall–Kier alpha value is -1.33. The van der Waals surface area contributed by atoms with Gasteiger partial charge < -0.3 is 4.74 Å². The Morgan fingerprint density at radius 2 is 1.77 bits per heavy atom. The molecule has 0 rings (SSSR count). The Bertz CT molecular complexity index is 252. The first kappa shape index (κ1) is 11.7. The van der Waals surface area contributed by atoms with Crippen molar-refractivity contribution >= 4 is 11.8 Å². The molecule has 0 aliphatic carbocycles. The minimum absolute atomic E-state index is 0.200. The van der Waals surface area contributed by atoms with E-state index in [1.165, 1.54) is 0 Å². The summed E-state index contributed by atoms with van der Waals surface area (Å²) in [5.41, 5.74) is -1.59. The molecule has 0 aliphatic rings. The molecule has 0 atom stereocenters. The number of esters is 1. The van der Waals surface area contributed by atoms with E-state index in [4.69, 9.17) is 0 Å². The maximum atomic E-state index is 12.0. The molecule has 0 N–H and O–H groups in total. The minimum Gasteiger partial charge on any atom is -0.465 e. The number of carbonyl (C=O) groups excluding carboxylic acids is 2. The van der Waals surface area contributed by atoms with Gasteiger partial charge in [0.1, 0.15) is 5.57 Å². The van der Waals surface area contributed by atoms with E-state index in [1.807, 2.05) is 0 Å². The molecule has 0 saturated carbocycles. The van der Waals surface area contributed by atoms with E-state index < -0.39 is 23.5 Å². The normalized spacial score (nSPS) is 12.5. The number of hydrogen-bond acceptors (Lipinski definition) is 3. The SMILES string of the molecule is COC(=O)/C(=C/C(C)=O)C(F)(F)F. The predicted molar refractivity (Wildman–Crippen MR) is 36.8 cm³/mol. The summed E-state index contributed by atoms with van der Waals surface area (Å²) in [5, 5.41) is 0. The summed E-state index contributed by atoms with van der Waals surface area (Å²) in [6, 6.07) is 0. The summed E-state index contributed by atoms with van der Waals surface area (Å²) in [4.78, 5) is 20.9. The Kier molecular flexibility index (Phi) is 3.65. The fraction of sp³-hybridized carbons (Fsp3) is 0.429. The van der Waals surface area contributed by atoms with Gasteiger partial charge in [-0.3, -0.25) is 4.79 Å². The quantitative estimate of drug-likeness (QED) is 0.493. The second-order valence-corrected chi connectivity index (χ2v) is 2.16. The monoisotopic (exact) mass is 196 g/mol. The van der Waals surface area contributed by atoms with Crippen LogP contribution in [0.1, 0.15) is 6.92 Å². The Morgan fingerprint density at radius 3 is 2.00 bits per heavy atom. The van der Waals surface area contributed by atoms with Crippen LogP contribution in [0, 0.1) is 0 Å². The van der Waals surface area contributed by atoms with Gasteiger partial charge in [0.05, 0.1) is 7.11 Å². The van der Waals surface area contributed by atoms with Crippen molar-refractivity contribution in [1.82, 2.24) is 0 Å². The van der Waals surface area contributed by atoms with E-state index in [9.17, 15) is 22.8 Å². The number of ether oxygens (including phenoxy) is 1. The van der Waals surface area contributed by atoms with Crippen molar-refractivity contribution in [2.45, 2.75) is 13.1 Å². The summed E-state index contributed by atoms with van der Waals surface area (Å²) in [6.07, 6.45) is -4.66. The molecular formula is C7H7F3O3. The van der Waals surface area contributed by atoms with Crippen LogP contribution in [0.3, 0.4) is 0 Å². The molecule has 6 heteroatoms. The number of rotatable bonds is 2. The molecule has 0 aliphatic heterocycles. The zero-order valence-corrected chi connectivity index (χ0v) is 6.94. The fourth-order valence-corrected chi connectivity index (χ4v) is 0.570. The van der Waals surface area contributed by atoms with Crippen LogP contribution in [0.2, 0.25) is 0 Å². The Morgan fingerprint density at radius 1 is 1.31 bits per heavy atom. The molecule has 0 amide bonds. The van der Waals surface area contributed by atoms with Crippen molar-refractivity contribution in [3.8, 4) is 0 Å². The summed E-state index contributed by atoms with van der Waals surface area (Å²) < 4.78 is 39.8. The standard InChI is InChI=1S/C7H7F3O3/c1-4(11)3-5(6(12)13-2)7(8,9)10/h3H,1-2H3/b5-3-. The summed E-state index contributed by atoms with van der Waals surface area (Å²) in [7, 11) is 0.808. The second kappa shape index (κ2) is 4.06. The first-order valence-electron chi connectivity index (χ1n) is 3.16. The zero-order valence-electron chi connectivity index (χ0n) is 6.94. The van der Waals surface area contributed by atoms with E-state index in [2.05, 4.69) is 4.74 Å². The Balaban J connectivity index is 4.99. The molecular weight excluding hydrogens is 189 g/mol. The molecule has 0 radical (unpaired) electrons. The highest BCUT2D eigenvalue weighted by molar-refractivity contribution is 5.99. The van der Waals surface area contributed by atoms with Crippen molar-refractivity contribution < 1.29 is 27.5 Å². The fourth-order valence-electron chi connectivity index (χ4n) is 0.570. The van der Waals surface area contributed by atoms with Gasteiger partial charge in [0, 0.05) is 6.08 Å². The highest BCUT2D eigenvalue weighted by atomic mass is 19.4. The van der Waals surface area contributed by atoms with Crippen LogP contribution in [0.25, 0.3) is 0 Å². The molecule has 0 aromatic rings. The number of hydrogen-bond donors (Lipinski definition) is 0.